The Morgan fingerprint density at radius 1 is 0.848 bits per heavy atom. The molecule has 0 saturated carbocycles. The molecule has 1 atom stereocenters. The van der Waals surface area contributed by atoms with Crippen molar-refractivity contribution in [3.05, 3.63) is 65.8 Å². The average Bonchev–Trinajstić information content (AvgIpc) is 2.84. The van der Waals surface area contributed by atoms with Gasteiger partial charge in [0.05, 0.1) is 0 Å². The Morgan fingerprint density at radius 3 is 2.03 bits per heavy atom. The van der Waals surface area contributed by atoms with Crippen LogP contribution < -0.4 is 0 Å². The number of unbranched alkanes of at least 4 members (excludes halogenated alkanes) is 9. The van der Waals surface area contributed by atoms with Crippen LogP contribution in [0, 0.1) is 0 Å². The summed E-state index contributed by atoms with van der Waals surface area (Å²) in [6, 6.07) is 10.2. The van der Waals surface area contributed by atoms with Crippen LogP contribution in [0.3, 0.4) is 0 Å². The highest BCUT2D eigenvalue weighted by Gasteiger charge is 2.18. The molecule has 4 nitrogen and oxygen atoms in total. The van der Waals surface area contributed by atoms with Gasteiger partial charge in [0.2, 0.25) is 0 Å². The van der Waals surface area contributed by atoms with Crippen molar-refractivity contribution < 1.29 is 9.90 Å². The topological polar surface area (TPSA) is 63.1 Å². The first kappa shape index (κ1) is 26.8. The van der Waals surface area contributed by atoms with E-state index in [1.807, 2.05) is 24.3 Å². The van der Waals surface area contributed by atoms with Gasteiger partial charge in [-0.05, 0) is 30.4 Å². The Hall–Kier alpha value is -2.49. The maximum absolute atomic E-state index is 12.1. The zero-order valence-corrected chi connectivity index (χ0v) is 20.6. The summed E-state index contributed by atoms with van der Waals surface area (Å²) in [5.41, 5.74) is 2.42. The van der Waals surface area contributed by atoms with Crippen LogP contribution in [-0.4, -0.2) is 21.0 Å². The van der Waals surface area contributed by atoms with E-state index in [9.17, 15) is 9.90 Å². The van der Waals surface area contributed by atoms with Gasteiger partial charge in [0.1, 0.15) is 5.57 Å². The molecule has 1 aromatic heterocycles. The van der Waals surface area contributed by atoms with Gasteiger partial charge in [-0.2, -0.15) is 0 Å². The number of nitrogens with zero attached hydrogens (tertiary/aromatic N) is 2. The molecule has 0 amide bonds. The van der Waals surface area contributed by atoms with Crippen LogP contribution in [0.5, 0.6) is 0 Å². The number of carboxylic acids is 1. The zero-order valence-electron chi connectivity index (χ0n) is 20.6. The average molecular weight is 451 g/mol. The van der Waals surface area contributed by atoms with Crippen molar-refractivity contribution in [3.8, 4) is 0 Å². The van der Waals surface area contributed by atoms with Crippen LogP contribution in [0.25, 0.3) is 5.57 Å². The third-order valence-corrected chi connectivity index (χ3v) is 6.21. The molecule has 0 aliphatic carbocycles. The third-order valence-electron chi connectivity index (χ3n) is 6.21. The molecule has 1 aromatic carbocycles. The van der Waals surface area contributed by atoms with Crippen molar-refractivity contribution in [1.29, 1.82) is 0 Å². The molecule has 1 N–H and O–H groups in total. The number of aromatic nitrogens is 2. The first-order chi connectivity index (χ1) is 16.2. The van der Waals surface area contributed by atoms with Crippen LogP contribution in [-0.2, 0) is 11.2 Å². The molecule has 0 aliphatic rings. The number of hydrogen-bond acceptors (Lipinski definition) is 3. The molecule has 0 radical (unpaired) electrons. The SMILES string of the molecule is CCCCCCCCc1cnc(/C(=C\C(CCCCCCC)c2ccccc2)C(=O)O)nc1. The van der Waals surface area contributed by atoms with Crippen LogP contribution in [0.15, 0.2) is 48.8 Å². The Bertz CT molecular complexity index is 815. The lowest BCUT2D eigenvalue weighted by Crippen LogP contribution is -2.07. The maximum atomic E-state index is 12.1. The van der Waals surface area contributed by atoms with Crippen LogP contribution >= 0.6 is 0 Å². The maximum Gasteiger partial charge on any atom is 0.339 e. The summed E-state index contributed by atoms with van der Waals surface area (Å²) >= 11 is 0. The number of hydrogen-bond donors (Lipinski definition) is 1. The molecule has 33 heavy (non-hydrogen) atoms. The fraction of sp³-hybridized carbons (Fsp3) is 0.552. The molecule has 0 saturated heterocycles. The predicted molar refractivity (Wildman–Crippen MR) is 137 cm³/mol. The first-order valence-corrected chi connectivity index (χ1v) is 13.0. The van der Waals surface area contributed by atoms with E-state index >= 15 is 0 Å². The number of rotatable bonds is 17. The third kappa shape index (κ3) is 10.3. The van der Waals surface area contributed by atoms with Crippen molar-refractivity contribution in [1.82, 2.24) is 9.97 Å². The van der Waals surface area contributed by atoms with Crippen LogP contribution in [0.2, 0.25) is 0 Å². The summed E-state index contributed by atoms with van der Waals surface area (Å²) < 4.78 is 0. The fourth-order valence-electron chi connectivity index (χ4n) is 4.19. The molecule has 2 aromatic rings. The van der Waals surface area contributed by atoms with E-state index in [0.29, 0.717) is 5.82 Å². The second-order valence-corrected chi connectivity index (χ2v) is 9.04. The standard InChI is InChI=1S/C29H42N2O2/c1-3-5-7-9-11-13-17-24-22-30-28(31-23-24)27(29(32)33)21-26(20-14-10-8-6-4-2)25-18-15-12-16-19-25/h12,15-16,18-19,21-23,26H,3-11,13-14,17,20H2,1-2H3,(H,32,33)/b27-21+. The molecule has 2 rings (SSSR count). The first-order valence-electron chi connectivity index (χ1n) is 13.0. The van der Waals surface area contributed by atoms with Gasteiger partial charge in [-0.3, -0.25) is 0 Å². The summed E-state index contributed by atoms with van der Waals surface area (Å²) in [7, 11) is 0. The van der Waals surface area contributed by atoms with Gasteiger partial charge in [-0.1, -0.05) is 114 Å². The molecular weight excluding hydrogens is 408 g/mol. The summed E-state index contributed by atoms with van der Waals surface area (Å²) in [6.45, 7) is 4.45. The largest absolute Gasteiger partial charge is 0.478 e. The van der Waals surface area contributed by atoms with E-state index in [4.69, 9.17) is 0 Å². The zero-order chi connectivity index (χ0) is 23.7. The summed E-state index contributed by atoms with van der Waals surface area (Å²) in [5, 5.41) is 9.93. The highest BCUT2D eigenvalue weighted by Crippen LogP contribution is 2.28. The van der Waals surface area contributed by atoms with Crippen LogP contribution in [0.1, 0.15) is 114 Å². The van der Waals surface area contributed by atoms with Gasteiger partial charge in [0, 0.05) is 18.3 Å². The minimum atomic E-state index is -0.967. The molecule has 0 spiro atoms. The minimum Gasteiger partial charge on any atom is -0.478 e. The quantitative estimate of drug-likeness (QED) is 0.196. The number of allylic oxidation sites excluding steroid dienone is 1. The van der Waals surface area contributed by atoms with Gasteiger partial charge in [0.25, 0.3) is 0 Å². The van der Waals surface area contributed by atoms with Crippen molar-refractivity contribution in [3.63, 3.8) is 0 Å². The Morgan fingerprint density at radius 2 is 1.42 bits per heavy atom. The smallest absolute Gasteiger partial charge is 0.339 e. The van der Waals surface area contributed by atoms with E-state index in [-0.39, 0.29) is 11.5 Å². The van der Waals surface area contributed by atoms with Crippen molar-refractivity contribution in [2.24, 2.45) is 0 Å². The van der Waals surface area contributed by atoms with Crippen molar-refractivity contribution in [2.75, 3.05) is 0 Å². The predicted octanol–water partition coefficient (Wildman–Crippen LogP) is 7.99. The van der Waals surface area contributed by atoms with E-state index in [1.54, 1.807) is 12.4 Å². The van der Waals surface area contributed by atoms with Gasteiger partial charge in [0.15, 0.2) is 5.82 Å². The molecule has 1 heterocycles. The summed E-state index contributed by atoms with van der Waals surface area (Å²) in [6.07, 6.45) is 20.8. The highest BCUT2D eigenvalue weighted by atomic mass is 16.4. The lowest BCUT2D eigenvalue weighted by molar-refractivity contribution is -0.130. The molecular formula is C29H42N2O2. The Balaban J connectivity index is 2.07. The Labute approximate surface area is 200 Å². The van der Waals surface area contributed by atoms with E-state index in [0.717, 1.165) is 36.8 Å². The van der Waals surface area contributed by atoms with E-state index in [2.05, 4.69) is 35.9 Å². The number of aryl methyl sites for hydroxylation is 1. The lowest BCUT2D eigenvalue weighted by Gasteiger charge is -2.15. The molecule has 180 valence electrons. The molecule has 0 bridgehead atoms. The van der Waals surface area contributed by atoms with Crippen LogP contribution in [0.4, 0.5) is 0 Å². The number of carbonyl (C=O) groups is 1. The monoisotopic (exact) mass is 450 g/mol. The Kier molecular flexibility index (Phi) is 13.1. The molecule has 1 unspecified atom stereocenters. The minimum absolute atomic E-state index is 0.0466. The fourth-order valence-corrected chi connectivity index (χ4v) is 4.19. The summed E-state index contributed by atoms with van der Waals surface area (Å²) in [5.74, 6) is -0.614. The van der Waals surface area contributed by atoms with Crippen molar-refractivity contribution in [2.45, 2.75) is 103 Å². The van der Waals surface area contributed by atoms with E-state index in [1.165, 1.54) is 57.8 Å². The summed E-state index contributed by atoms with van der Waals surface area (Å²) in [4.78, 5) is 21.0. The normalized spacial score (nSPS) is 12.6. The molecule has 4 heteroatoms. The second kappa shape index (κ2) is 16.2. The highest BCUT2D eigenvalue weighted by molar-refractivity contribution is 6.14. The van der Waals surface area contributed by atoms with Gasteiger partial charge in [-0.25, -0.2) is 14.8 Å². The van der Waals surface area contributed by atoms with Gasteiger partial charge in [-0.15, -0.1) is 0 Å². The van der Waals surface area contributed by atoms with Gasteiger partial charge >= 0.3 is 5.97 Å². The molecule has 0 aliphatic heterocycles. The number of aliphatic carboxylic acids is 1. The number of carboxylic acid groups (broad SMARTS) is 1. The second-order valence-electron chi connectivity index (χ2n) is 9.04. The van der Waals surface area contributed by atoms with E-state index < -0.39 is 5.97 Å². The van der Waals surface area contributed by atoms with Crippen molar-refractivity contribution >= 4 is 11.5 Å². The molecule has 0 fully saturated rings. The lowest BCUT2D eigenvalue weighted by atomic mass is 9.90. The number of benzene rings is 1. The van der Waals surface area contributed by atoms with Gasteiger partial charge < -0.3 is 5.11 Å².